The van der Waals surface area contributed by atoms with Crippen molar-refractivity contribution < 1.29 is 0 Å². The van der Waals surface area contributed by atoms with E-state index in [-0.39, 0.29) is 0 Å². The number of rotatable bonds is 5. The fourth-order valence-electron chi connectivity index (χ4n) is 3.51. The molecule has 0 amide bonds. The van der Waals surface area contributed by atoms with E-state index in [0.29, 0.717) is 0 Å². The van der Waals surface area contributed by atoms with Crippen molar-refractivity contribution in [3.8, 4) is 0 Å². The molecule has 1 unspecified atom stereocenters. The van der Waals surface area contributed by atoms with Gasteiger partial charge in [0.1, 0.15) is 0 Å². The molecule has 104 valence electrons. The van der Waals surface area contributed by atoms with Gasteiger partial charge in [0.25, 0.3) is 0 Å². The Balaban J connectivity index is 1.29. The first-order valence-corrected chi connectivity index (χ1v) is 8.11. The molecular weight excluding hydrogens is 222 g/mol. The normalized spacial score (nSPS) is 31.7. The highest BCUT2D eigenvalue weighted by atomic mass is 15.2. The van der Waals surface area contributed by atoms with Gasteiger partial charge in [-0.05, 0) is 45.2 Å². The Bertz CT molecular complexity index is 244. The van der Waals surface area contributed by atoms with Crippen LogP contribution < -0.4 is 5.32 Å². The van der Waals surface area contributed by atoms with Crippen molar-refractivity contribution in [3.05, 3.63) is 0 Å². The molecule has 0 spiro atoms. The number of likely N-dealkylation sites (tertiary alicyclic amines) is 2. The number of hydrogen-bond acceptors (Lipinski definition) is 3. The third kappa shape index (κ3) is 3.69. The molecule has 1 aliphatic carbocycles. The molecule has 0 aromatic heterocycles. The summed E-state index contributed by atoms with van der Waals surface area (Å²) in [4.78, 5) is 5.36. The summed E-state index contributed by atoms with van der Waals surface area (Å²) in [7, 11) is 0. The number of nitrogens with zero attached hydrogens (tertiary/aromatic N) is 2. The minimum atomic E-state index is 0.776. The van der Waals surface area contributed by atoms with E-state index < -0.39 is 0 Å². The maximum absolute atomic E-state index is 3.78. The second kappa shape index (κ2) is 6.36. The van der Waals surface area contributed by atoms with E-state index in [1.54, 1.807) is 0 Å². The average molecular weight is 251 g/mol. The van der Waals surface area contributed by atoms with Crippen LogP contribution in [0, 0.1) is 0 Å². The van der Waals surface area contributed by atoms with Gasteiger partial charge in [0, 0.05) is 38.3 Å². The Morgan fingerprint density at radius 2 is 1.67 bits per heavy atom. The van der Waals surface area contributed by atoms with E-state index in [9.17, 15) is 0 Å². The zero-order chi connectivity index (χ0) is 12.2. The first kappa shape index (κ1) is 12.9. The van der Waals surface area contributed by atoms with E-state index in [1.165, 1.54) is 84.2 Å². The third-order valence-corrected chi connectivity index (χ3v) is 4.84. The summed E-state index contributed by atoms with van der Waals surface area (Å²) in [6, 6.07) is 1.74. The molecule has 0 radical (unpaired) electrons. The van der Waals surface area contributed by atoms with Crippen LogP contribution in [0.5, 0.6) is 0 Å². The van der Waals surface area contributed by atoms with Gasteiger partial charge in [-0.3, -0.25) is 4.90 Å². The van der Waals surface area contributed by atoms with Crippen LogP contribution in [0.25, 0.3) is 0 Å². The predicted octanol–water partition coefficient (Wildman–Crippen LogP) is 1.69. The minimum absolute atomic E-state index is 0.776. The summed E-state index contributed by atoms with van der Waals surface area (Å²) < 4.78 is 0. The molecule has 1 N–H and O–H groups in total. The van der Waals surface area contributed by atoms with Crippen LogP contribution in [0.1, 0.15) is 44.9 Å². The molecule has 3 rings (SSSR count). The zero-order valence-electron chi connectivity index (χ0n) is 11.7. The Morgan fingerprint density at radius 1 is 0.889 bits per heavy atom. The highest BCUT2D eigenvalue weighted by Crippen LogP contribution is 2.29. The second-order valence-electron chi connectivity index (χ2n) is 6.42. The van der Waals surface area contributed by atoms with Crippen molar-refractivity contribution in [1.82, 2.24) is 15.1 Å². The molecule has 3 heteroatoms. The van der Waals surface area contributed by atoms with Gasteiger partial charge in [-0.25, -0.2) is 0 Å². The highest BCUT2D eigenvalue weighted by molar-refractivity contribution is 4.91. The molecule has 2 heterocycles. The van der Waals surface area contributed by atoms with E-state index >= 15 is 0 Å². The van der Waals surface area contributed by atoms with E-state index in [4.69, 9.17) is 0 Å². The maximum Gasteiger partial charge on any atom is 0.0207 e. The molecule has 0 bridgehead atoms. The Labute approximate surface area is 112 Å². The van der Waals surface area contributed by atoms with Gasteiger partial charge in [-0.2, -0.15) is 0 Å². The number of nitrogens with one attached hydrogen (secondary N) is 1. The van der Waals surface area contributed by atoms with E-state index in [0.717, 1.165) is 12.1 Å². The van der Waals surface area contributed by atoms with E-state index in [2.05, 4.69) is 15.1 Å². The van der Waals surface area contributed by atoms with Gasteiger partial charge < -0.3 is 10.2 Å². The van der Waals surface area contributed by atoms with Crippen LogP contribution in [0.15, 0.2) is 0 Å². The van der Waals surface area contributed by atoms with Gasteiger partial charge in [0.05, 0.1) is 0 Å². The Morgan fingerprint density at radius 3 is 2.39 bits per heavy atom. The maximum atomic E-state index is 3.78. The van der Waals surface area contributed by atoms with Crippen molar-refractivity contribution in [3.63, 3.8) is 0 Å². The van der Waals surface area contributed by atoms with Crippen LogP contribution in [0.2, 0.25) is 0 Å². The molecule has 0 aromatic rings. The molecule has 2 saturated heterocycles. The first-order chi connectivity index (χ1) is 8.92. The molecule has 1 saturated carbocycles. The fraction of sp³-hybridized carbons (Fsp3) is 1.00. The summed E-state index contributed by atoms with van der Waals surface area (Å²) in [5, 5.41) is 3.78. The Kier molecular flexibility index (Phi) is 4.55. The molecule has 3 aliphatic rings. The van der Waals surface area contributed by atoms with Crippen molar-refractivity contribution in [2.24, 2.45) is 0 Å². The van der Waals surface area contributed by atoms with Crippen LogP contribution in [0.4, 0.5) is 0 Å². The molecule has 3 nitrogen and oxygen atoms in total. The SMILES string of the molecule is C1CCCN(CCNC2CCN(C3CC3)C2)CC1. The summed E-state index contributed by atoms with van der Waals surface area (Å²) in [5.41, 5.74) is 0. The standard InChI is InChI=1S/C15H29N3/c1-2-4-10-17(9-3-1)12-8-16-14-7-11-18(13-14)15-5-6-15/h14-16H,1-13H2. The van der Waals surface area contributed by atoms with Crippen molar-refractivity contribution in [2.75, 3.05) is 39.3 Å². The molecule has 2 aliphatic heterocycles. The van der Waals surface area contributed by atoms with Crippen molar-refractivity contribution >= 4 is 0 Å². The number of hydrogen-bond donors (Lipinski definition) is 1. The third-order valence-electron chi connectivity index (χ3n) is 4.84. The largest absolute Gasteiger partial charge is 0.311 e. The fourth-order valence-corrected chi connectivity index (χ4v) is 3.51. The van der Waals surface area contributed by atoms with Crippen molar-refractivity contribution in [1.29, 1.82) is 0 Å². The molecule has 0 aromatic carbocycles. The topological polar surface area (TPSA) is 18.5 Å². The lowest BCUT2D eigenvalue weighted by Gasteiger charge is -2.21. The smallest absolute Gasteiger partial charge is 0.0207 e. The summed E-state index contributed by atoms with van der Waals surface area (Å²) in [6.45, 7) is 7.78. The van der Waals surface area contributed by atoms with Crippen LogP contribution in [0.3, 0.4) is 0 Å². The lowest BCUT2D eigenvalue weighted by molar-refractivity contribution is 0.275. The van der Waals surface area contributed by atoms with Crippen LogP contribution >= 0.6 is 0 Å². The van der Waals surface area contributed by atoms with E-state index in [1.807, 2.05) is 0 Å². The lowest BCUT2D eigenvalue weighted by atomic mass is 10.2. The zero-order valence-corrected chi connectivity index (χ0v) is 11.7. The molecule has 1 atom stereocenters. The predicted molar refractivity (Wildman–Crippen MR) is 75.9 cm³/mol. The molecule has 3 fully saturated rings. The van der Waals surface area contributed by atoms with Gasteiger partial charge in [-0.15, -0.1) is 0 Å². The van der Waals surface area contributed by atoms with Gasteiger partial charge in [-0.1, -0.05) is 12.8 Å². The van der Waals surface area contributed by atoms with Gasteiger partial charge >= 0.3 is 0 Å². The summed E-state index contributed by atoms with van der Waals surface area (Å²) in [6.07, 6.45) is 10.0. The summed E-state index contributed by atoms with van der Waals surface area (Å²) in [5.74, 6) is 0. The Hall–Kier alpha value is -0.120. The van der Waals surface area contributed by atoms with Crippen molar-refractivity contribution in [2.45, 2.75) is 57.0 Å². The van der Waals surface area contributed by atoms with Crippen LogP contribution in [-0.2, 0) is 0 Å². The second-order valence-corrected chi connectivity index (χ2v) is 6.42. The molecule has 18 heavy (non-hydrogen) atoms. The highest BCUT2D eigenvalue weighted by Gasteiger charge is 2.33. The molecular formula is C15H29N3. The summed E-state index contributed by atoms with van der Waals surface area (Å²) >= 11 is 0. The lowest BCUT2D eigenvalue weighted by Crippen LogP contribution is -2.39. The average Bonchev–Trinajstić information content (AvgIpc) is 3.16. The monoisotopic (exact) mass is 251 g/mol. The quantitative estimate of drug-likeness (QED) is 0.802. The van der Waals surface area contributed by atoms with Crippen LogP contribution in [-0.4, -0.2) is 61.2 Å². The van der Waals surface area contributed by atoms with Gasteiger partial charge in [0.2, 0.25) is 0 Å². The minimum Gasteiger partial charge on any atom is -0.311 e. The first-order valence-electron chi connectivity index (χ1n) is 8.11. The van der Waals surface area contributed by atoms with Gasteiger partial charge in [0.15, 0.2) is 0 Å².